The van der Waals surface area contributed by atoms with E-state index in [9.17, 15) is 9.50 Å². The van der Waals surface area contributed by atoms with Gasteiger partial charge < -0.3 is 10.4 Å². The van der Waals surface area contributed by atoms with E-state index in [1.165, 1.54) is 12.3 Å². The smallest absolute Gasteiger partial charge is 0.141 e. The van der Waals surface area contributed by atoms with Crippen LogP contribution in [0.3, 0.4) is 0 Å². The highest BCUT2D eigenvalue weighted by Gasteiger charge is 2.14. The van der Waals surface area contributed by atoms with Crippen LogP contribution in [-0.4, -0.2) is 22.7 Å². The van der Waals surface area contributed by atoms with E-state index in [4.69, 9.17) is 0 Å². The predicted molar refractivity (Wildman–Crippen MR) is 76.8 cm³/mol. The molecule has 20 heavy (non-hydrogen) atoms. The van der Waals surface area contributed by atoms with Gasteiger partial charge in [-0.05, 0) is 30.5 Å². The Morgan fingerprint density at radius 2 is 2.00 bits per heavy atom. The fraction of sp³-hybridized carbons (Fsp3) is 0.312. The molecule has 0 saturated carbocycles. The minimum absolute atomic E-state index is 0.0297. The van der Waals surface area contributed by atoms with Crippen LogP contribution in [0, 0.1) is 5.82 Å². The molecule has 2 N–H and O–H groups in total. The topological polar surface area (TPSA) is 45.1 Å². The lowest BCUT2D eigenvalue weighted by Crippen LogP contribution is -2.36. The van der Waals surface area contributed by atoms with Crippen molar-refractivity contribution in [2.75, 3.05) is 6.61 Å². The SMILES string of the molecule is CC(N[C@@H](CO)Cc1ccccc1)c1cncc(F)c1. The Kier molecular flexibility index (Phi) is 5.21. The van der Waals surface area contributed by atoms with Gasteiger partial charge in [0.05, 0.1) is 12.8 Å². The molecule has 0 fully saturated rings. The summed E-state index contributed by atoms with van der Waals surface area (Å²) in [5, 5.41) is 12.8. The average molecular weight is 274 g/mol. The van der Waals surface area contributed by atoms with Gasteiger partial charge in [-0.25, -0.2) is 4.39 Å². The second-order valence-electron chi connectivity index (χ2n) is 4.89. The molecule has 1 heterocycles. The number of aliphatic hydroxyl groups excluding tert-OH is 1. The molecule has 0 spiro atoms. The Bertz CT molecular complexity index is 533. The number of benzene rings is 1. The van der Waals surface area contributed by atoms with Gasteiger partial charge in [0.1, 0.15) is 5.82 Å². The summed E-state index contributed by atoms with van der Waals surface area (Å²) in [7, 11) is 0. The van der Waals surface area contributed by atoms with E-state index in [1.54, 1.807) is 6.20 Å². The van der Waals surface area contributed by atoms with E-state index in [-0.39, 0.29) is 24.5 Å². The first kappa shape index (κ1) is 14.6. The van der Waals surface area contributed by atoms with Crippen LogP contribution < -0.4 is 5.32 Å². The van der Waals surface area contributed by atoms with Crippen LogP contribution in [0.25, 0.3) is 0 Å². The quantitative estimate of drug-likeness (QED) is 0.850. The van der Waals surface area contributed by atoms with Crippen molar-refractivity contribution in [2.45, 2.75) is 25.4 Å². The normalized spacial score (nSPS) is 13.9. The molecule has 0 aliphatic rings. The van der Waals surface area contributed by atoms with Crippen molar-refractivity contribution in [2.24, 2.45) is 0 Å². The lowest BCUT2D eigenvalue weighted by atomic mass is 10.0. The molecule has 1 aromatic carbocycles. The minimum Gasteiger partial charge on any atom is -0.395 e. The van der Waals surface area contributed by atoms with Gasteiger partial charge in [-0.2, -0.15) is 0 Å². The van der Waals surface area contributed by atoms with Crippen LogP contribution in [0.5, 0.6) is 0 Å². The Labute approximate surface area is 118 Å². The average Bonchev–Trinajstić information content (AvgIpc) is 2.47. The molecule has 2 aromatic rings. The third kappa shape index (κ3) is 4.11. The van der Waals surface area contributed by atoms with Gasteiger partial charge in [0.25, 0.3) is 0 Å². The molecule has 2 rings (SSSR count). The second kappa shape index (κ2) is 7.12. The molecule has 106 valence electrons. The first-order valence-corrected chi connectivity index (χ1v) is 6.70. The number of rotatable bonds is 6. The van der Waals surface area contributed by atoms with Gasteiger partial charge >= 0.3 is 0 Å². The van der Waals surface area contributed by atoms with Crippen LogP contribution in [0.15, 0.2) is 48.8 Å². The molecule has 0 radical (unpaired) electrons. The Balaban J connectivity index is 1.99. The highest BCUT2D eigenvalue weighted by atomic mass is 19.1. The number of hydrogen-bond donors (Lipinski definition) is 2. The van der Waals surface area contributed by atoms with E-state index in [1.807, 2.05) is 37.3 Å². The Morgan fingerprint density at radius 3 is 2.65 bits per heavy atom. The van der Waals surface area contributed by atoms with Crippen LogP contribution in [0.1, 0.15) is 24.1 Å². The molecular formula is C16H19FN2O. The zero-order valence-electron chi connectivity index (χ0n) is 11.5. The summed E-state index contributed by atoms with van der Waals surface area (Å²) in [6.45, 7) is 1.96. The number of nitrogens with one attached hydrogen (secondary N) is 1. The number of nitrogens with zero attached hydrogens (tertiary/aromatic N) is 1. The fourth-order valence-electron chi connectivity index (χ4n) is 2.19. The van der Waals surface area contributed by atoms with Crippen molar-refractivity contribution < 1.29 is 9.50 Å². The summed E-state index contributed by atoms with van der Waals surface area (Å²) in [6, 6.07) is 11.3. The predicted octanol–water partition coefficient (Wildman–Crippen LogP) is 2.47. The van der Waals surface area contributed by atoms with E-state index in [2.05, 4.69) is 10.3 Å². The zero-order chi connectivity index (χ0) is 14.4. The van der Waals surface area contributed by atoms with E-state index in [0.717, 1.165) is 17.5 Å². The fourth-order valence-corrected chi connectivity index (χ4v) is 2.19. The first-order chi connectivity index (χ1) is 9.69. The molecule has 0 aliphatic heterocycles. The third-order valence-electron chi connectivity index (χ3n) is 3.26. The van der Waals surface area contributed by atoms with Crippen LogP contribution in [0.4, 0.5) is 4.39 Å². The van der Waals surface area contributed by atoms with Gasteiger partial charge in [-0.1, -0.05) is 30.3 Å². The van der Waals surface area contributed by atoms with Crippen molar-refractivity contribution in [3.63, 3.8) is 0 Å². The number of aromatic nitrogens is 1. The summed E-state index contributed by atoms with van der Waals surface area (Å²) in [5.74, 6) is -0.347. The maximum Gasteiger partial charge on any atom is 0.141 e. The third-order valence-corrected chi connectivity index (χ3v) is 3.26. The molecule has 3 nitrogen and oxygen atoms in total. The molecule has 2 atom stereocenters. The lowest BCUT2D eigenvalue weighted by molar-refractivity contribution is 0.232. The number of aliphatic hydroxyl groups is 1. The van der Waals surface area contributed by atoms with E-state index >= 15 is 0 Å². The molecule has 4 heteroatoms. The standard InChI is InChI=1S/C16H19FN2O/c1-12(14-8-15(17)10-18-9-14)19-16(11-20)7-13-5-3-2-4-6-13/h2-6,8-10,12,16,19-20H,7,11H2,1H3/t12?,16-/m1/s1. The largest absolute Gasteiger partial charge is 0.395 e. The number of halogens is 1. The van der Waals surface area contributed by atoms with Crippen molar-refractivity contribution in [1.29, 1.82) is 0 Å². The maximum absolute atomic E-state index is 13.2. The van der Waals surface area contributed by atoms with E-state index in [0.29, 0.717) is 0 Å². The highest BCUT2D eigenvalue weighted by molar-refractivity contribution is 5.17. The Hall–Kier alpha value is -1.78. The Morgan fingerprint density at radius 1 is 1.25 bits per heavy atom. The summed E-state index contributed by atoms with van der Waals surface area (Å²) >= 11 is 0. The van der Waals surface area contributed by atoms with Crippen molar-refractivity contribution in [3.8, 4) is 0 Å². The van der Waals surface area contributed by atoms with Gasteiger partial charge in [-0.15, -0.1) is 0 Å². The minimum atomic E-state index is -0.347. The van der Waals surface area contributed by atoms with E-state index < -0.39 is 0 Å². The second-order valence-corrected chi connectivity index (χ2v) is 4.89. The van der Waals surface area contributed by atoms with Gasteiger partial charge in [0.15, 0.2) is 0 Å². The molecule has 1 aromatic heterocycles. The number of hydrogen-bond acceptors (Lipinski definition) is 3. The summed E-state index contributed by atoms with van der Waals surface area (Å²) in [4.78, 5) is 3.84. The van der Waals surface area contributed by atoms with Crippen LogP contribution >= 0.6 is 0 Å². The molecule has 1 unspecified atom stereocenters. The maximum atomic E-state index is 13.2. The summed E-state index contributed by atoms with van der Waals surface area (Å²) in [5.41, 5.74) is 1.93. The van der Waals surface area contributed by atoms with Crippen molar-refractivity contribution in [1.82, 2.24) is 10.3 Å². The van der Waals surface area contributed by atoms with Crippen molar-refractivity contribution in [3.05, 3.63) is 65.7 Å². The first-order valence-electron chi connectivity index (χ1n) is 6.70. The van der Waals surface area contributed by atoms with Crippen LogP contribution in [0.2, 0.25) is 0 Å². The summed E-state index contributed by atoms with van der Waals surface area (Å²) < 4.78 is 13.2. The molecular weight excluding hydrogens is 255 g/mol. The van der Waals surface area contributed by atoms with Gasteiger partial charge in [0.2, 0.25) is 0 Å². The van der Waals surface area contributed by atoms with Gasteiger partial charge in [-0.3, -0.25) is 4.98 Å². The zero-order valence-corrected chi connectivity index (χ0v) is 11.5. The monoisotopic (exact) mass is 274 g/mol. The van der Waals surface area contributed by atoms with Crippen LogP contribution in [-0.2, 0) is 6.42 Å². The molecule has 0 bridgehead atoms. The molecule has 0 aliphatic carbocycles. The number of pyridine rings is 1. The molecule has 0 amide bonds. The lowest BCUT2D eigenvalue weighted by Gasteiger charge is -2.22. The highest BCUT2D eigenvalue weighted by Crippen LogP contribution is 2.14. The van der Waals surface area contributed by atoms with Crippen molar-refractivity contribution >= 4 is 0 Å². The summed E-state index contributed by atoms with van der Waals surface area (Å²) in [6.07, 6.45) is 3.55. The molecule has 0 saturated heterocycles. The van der Waals surface area contributed by atoms with Gasteiger partial charge in [0, 0.05) is 18.3 Å².